The summed E-state index contributed by atoms with van der Waals surface area (Å²) in [6.07, 6.45) is 0. The van der Waals surface area contributed by atoms with Gasteiger partial charge in [0.25, 0.3) is 0 Å². The van der Waals surface area contributed by atoms with Gasteiger partial charge in [-0.15, -0.1) is 0 Å². The molecule has 0 atom stereocenters. The molecule has 4 saturated heterocycles. The van der Waals surface area contributed by atoms with Crippen molar-refractivity contribution in [2.24, 2.45) is 11.8 Å². The van der Waals surface area contributed by atoms with E-state index in [2.05, 4.69) is 33.6 Å². The summed E-state index contributed by atoms with van der Waals surface area (Å²) in [4.78, 5) is 7.53. The summed E-state index contributed by atoms with van der Waals surface area (Å²) in [5, 5.41) is 2.11. The van der Waals surface area contributed by atoms with E-state index in [9.17, 15) is 0 Å². The van der Waals surface area contributed by atoms with E-state index >= 15 is 0 Å². The van der Waals surface area contributed by atoms with Crippen molar-refractivity contribution in [3.8, 4) is 0 Å². The van der Waals surface area contributed by atoms with Gasteiger partial charge in [0.05, 0.1) is 25.5 Å². The van der Waals surface area contributed by atoms with Crippen molar-refractivity contribution in [2.75, 3.05) is 46.2 Å². The summed E-state index contributed by atoms with van der Waals surface area (Å²) in [7, 11) is 0. The molecule has 0 amide bonds. The summed E-state index contributed by atoms with van der Waals surface area (Å²) < 4.78 is 0. The maximum Gasteiger partial charge on any atom is 0.0734 e. The van der Waals surface area contributed by atoms with E-state index in [-0.39, 0.29) is 5.54 Å². The Hall–Kier alpha value is -0.200. The number of hydrazine groups is 1. The molecule has 0 aromatic heterocycles. The summed E-state index contributed by atoms with van der Waals surface area (Å²) in [5.41, 5.74) is 0.180. The van der Waals surface area contributed by atoms with Gasteiger partial charge in [0.1, 0.15) is 0 Å². The quantitative estimate of drug-likeness (QED) is 0.512. The second-order valence-electron chi connectivity index (χ2n) is 6.18. The molecule has 0 aromatic rings. The SMILES string of the molecule is CC(C)CN(N)C12CN3CN(CN(C3)C1)C2. The van der Waals surface area contributed by atoms with Crippen LogP contribution in [0.2, 0.25) is 0 Å². The highest BCUT2D eigenvalue weighted by molar-refractivity contribution is 5.05. The van der Waals surface area contributed by atoms with Crippen LogP contribution in [0.4, 0.5) is 0 Å². The summed E-state index contributed by atoms with van der Waals surface area (Å²) >= 11 is 0. The van der Waals surface area contributed by atoms with Gasteiger partial charge in [-0.25, -0.2) is 5.01 Å². The van der Waals surface area contributed by atoms with Gasteiger partial charge in [-0.1, -0.05) is 13.8 Å². The number of rotatable bonds is 3. The predicted molar refractivity (Wildman–Crippen MR) is 63.2 cm³/mol. The van der Waals surface area contributed by atoms with Crippen molar-refractivity contribution >= 4 is 0 Å². The molecule has 4 heterocycles. The molecular weight excluding hydrogens is 202 g/mol. The fourth-order valence-electron chi connectivity index (χ4n) is 3.54. The zero-order valence-corrected chi connectivity index (χ0v) is 10.4. The first-order valence-corrected chi connectivity index (χ1v) is 6.27. The van der Waals surface area contributed by atoms with Crippen LogP contribution in [0.3, 0.4) is 0 Å². The monoisotopic (exact) mass is 225 g/mol. The maximum atomic E-state index is 6.33. The van der Waals surface area contributed by atoms with Gasteiger partial charge in [-0.3, -0.25) is 20.5 Å². The molecule has 5 nitrogen and oxygen atoms in total. The first kappa shape index (κ1) is 10.9. The van der Waals surface area contributed by atoms with Gasteiger partial charge in [0.15, 0.2) is 0 Å². The zero-order valence-electron chi connectivity index (χ0n) is 10.4. The van der Waals surface area contributed by atoms with E-state index in [0.717, 1.165) is 46.2 Å². The van der Waals surface area contributed by atoms with E-state index in [0.29, 0.717) is 5.92 Å². The highest BCUT2D eigenvalue weighted by Crippen LogP contribution is 2.32. The lowest BCUT2D eigenvalue weighted by molar-refractivity contribution is -0.186. The summed E-state index contributed by atoms with van der Waals surface area (Å²) in [6, 6.07) is 0. The van der Waals surface area contributed by atoms with Gasteiger partial charge in [-0.05, 0) is 5.92 Å². The molecule has 0 aromatic carbocycles. The highest BCUT2D eigenvalue weighted by atomic mass is 15.6. The maximum absolute atomic E-state index is 6.33. The minimum atomic E-state index is 0.180. The van der Waals surface area contributed by atoms with Crippen molar-refractivity contribution < 1.29 is 0 Å². The molecule has 16 heavy (non-hydrogen) atoms. The molecule has 0 unspecified atom stereocenters. The molecule has 2 N–H and O–H groups in total. The van der Waals surface area contributed by atoms with Crippen molar-refractivity contribution in [1.29, 1.82) is 0 Å². The number of nitrogens with zero attached hydrogens (tertiary/aromatic N) is 4. The molecule has 0 radical (unpaired) electrons. The van der Waals surface area contributed by atoms with Gasteiger partial charge >= 0.3 is 0 Å². The van der Waals surface area contributed by atoms with Crippen LogP contribution in [-0.4, -0.2) is 71.4 Å². The number of hydrogen-bond donors (Lipinski definition) is 1. The van der Waals surface area contributed by atoms with Crippen LogP contribution >= 0.6 is 0 Å². The van der Waals surface area contributed by atoms with Gasteiger partial charge in [0.2, 0.25) is 0 Å². The minimum Gasteiger partial charge on any atom is -0.275 e. The molecule has 4 aliphatic heterocycles. The Balaban J connectivity index is 1.77. The van der Waals surface area contributed by atoms with Gasteiger partial charge in [-0.2, -0.15) is 0 Å². The van der Waals surface area contributed by atoms with E-state index in [1.807, 2.05) is 0 Å². The Bertz CT molecular complexity index is 242. The van der Waals surface area contributed by atoms with Gasteiger partial charge in [0, 0.05) is 26.2 Å². The van der Waals surface area contributed by atoms with E-state index in [1.165, 1.54) is 0 Å². The van der Waals surface area contributed by atoms with Crippen molar-refractivity contribution in [1.82, 2.24) is 19.7 Å². The Morgan fingerprint density at radius 2 is 1.50 bits per heavy atom. The van der Waals surface area contributed by atoms with Gasteiger partial charge < -0.3 is 0 Å². The third-order valence-electron chi connectivity index (χ3n) is 3.92. The van der Waals surface area contributed by atoms with Crippen LogP contribution in [0.5, 0.6) is 0 Å². The largest absolute Gasteiger partial charge is 0.275 e. The van der Waals surface area contributed by atoms with Crippen molar-refractivity contribution in [3.05, 3.63) is 0 Å². The summed E-state index contributed by atoms with van der Waals surface area (Å²) in [5.74, 6) is 6.96. The fourth-order valence-corrected chi connectivity index (χ4v) is 3.54. The molecular formula is C11H23N5. The highest BCUT2D eigenvalue weighted by Gasteiger charge is 2.51. The topological polar surface area (TPSA) is 39.0 Å². The lowest BCUT2D eigenvalue weighted by Crippen LogP contribution is -2.81. The normalized spacial score (nSPS) is 45.9. The van der Waals surface area contributed by atoms with E-state index in [4.69, 9.17) is 5.84 Å². The minimum absolute atomic E-state index is 0.180. The van der Waals surface area contributed by atoms with Crippen LogP contribution in [-0.2, 0) is 0 Å². The lowest BCUT2D eigenvalue weighted by atomic mass is 9.89. The van der Waals surface area contributed by atoms with Crippen LogP contribution in [0.25, 0.3) is 0 Å². The number of nitrogens with two attached hydrogens (primary N) is 1. The van der Waals surface area contributed by atoms with Crippen molar-refractivity contribution in [2.45, 2.75) is 19.4 Å². The first-order valence-electron chi connectivity index (χ1n) is 6.27. The fraction of sp³-hybridized carbons (Fsp3) is 1.00. The Morgan fingerprint density at radius 1 is 1.06 bits per heavy atom. The van der Waals surface area contributed by atoms with E-state index < -0.39 is 0 Å². The molecule has 0 spiro atoms. The molecule has 92 valence electrons. The second-order valence-corrected chi connectivity index (χ2v) is 6.18. The van der Waals surface area contributed by atoms with Crippen molar-refractivity contribution in [3.63, 3.8) is 0 Å². The molecule has 5 heteroatoms. The Labute approximate surface area is 97.7 Å². The van der Waals surface area contributed by atoms with Crippen LogP contribution in [0, 0.1) is 5.92 Å². The number of hydrogen-bond acceptors (Lipinski definition) is 5. The summed E-state index contributed by atoms with van der Waals surface area (Å²) in [6.45, 7) is 12.3. The van der Waals surface area contributed by atoms with Crippen LogP contribution in [0.1, 0.15) is 13.8 Å². The average Bonchev–Trinajstić information content (AvgIpc) is 2.13. The molecule has 4 rings (SSSR count). The Kier molecular flexibility index (Phi) is 2.49. The van der Waals surface area contributed by atoms with E-state index in [1.54, 1.807) is 0 Å². The standard InChI is InChI=1S/C11H23N5/c1-10(2)3-16(12)11-4-13-7-14(5-11)9-15(6-11)8-13/h10H,3-9,12H2,1-2H3. The molecule has 0 saturated carbocycles. The third-order valence-corrected chi connectivity index (χ3v) is 3.92. The van der Waals surface area contributed by atoms with Crippen LogP contribution in [0.15, 0.2) is 0 Å². The molecule has 4 aliphatic rings. The zero-order chi connectivity index (χ0) is 11.3. The lowest BCUT2D eigenvalue weighted by Gasteiger charge is -2.62. The first-order chi connectivity index (χ1) is 7.57. The molecule has 4 bridgehead atoms. The average molecular weight is 225 g/mol. The smallest absolute Gasteiger partial charge is 0.0734 e. The third kappa shape index (κ3) is 1.67. The predicted octanol–water partition coefficient (Wildman–Crippen LogP) is -0.624. The second kappa shape index (κ2) is 3.65. The Morgan fingerprint density at radius 3 is 1.88 bits per heavy atom. The molecule has 0 aliphatic carbocycles. The van der Waals surface area contributed by atoms with Crippen LogP contribution < -0.4 is 5.84 Å². The molecule has 4 fully saturated rings.